The zero-order valence-corrected chi connectivity index (χ0v) is 26.7. The molecule has 16 nitrogen and oxygen atoms in total. The molecule has 1 aliphatic rings. The minimum Gasteiger partial charge on any atom is -0.478 e. The summed E-state index contributed by atoms with van der Waals surface area (Å²) in [4.78, 5) is 68.7. The summed E-state index contributed by atoms with van der Waals surface area (Å²) in [6.07, 6.45) is 3.30. The molecule has 0 bridgehead atoms. The van der Waals surface area contributed by atoms with E-state index in [1.54, 1.807) is 38.1 Å². The molecule has 0 fully saturated rings. The Hall–Kier alpha value is -5.58. The number of methoxy groups -OCH3 is 1. The molecule has 1 aliphatic heterocycles. The van der Waals surface area contributed by atoms with E-state index in [2.05, 4.69) is 10.3 Å². The van der Waals surface area contributed by atoms with Crippen molar-refractivity contribution in [1.29, 1.82) is 0 Å². The number of dihydropyridines is 1. The molecular formula is C31H34ClN3O13. The molecule has 1 aromatic carbocycles. The molecule has 0 aliphatic carbocycles. The van der Waals surface area contributed by atoms with Crippen molar-refractivity contribution in [1.82, 2.24) is 10.3 Å². The van der Waals surface area contributed by atoms with Crippen LogP contribution >= 0.6 is 11.6 Å². The van der Waals surface area contributed by atoms with Crippen molar-refractivity contribution < 1.29 is 63.4 Å². The summed E-state index contributed by atoms with van der Waals surface area (Å²) in [5, 5.41) is 36.1. The maximum absolute atomic E-state index is 12.9. The van der Waals surface area contributed by atoms with Crippen molar-refractivity contribution >= 4 is 47.4 Å². The summed E-state index contributed by atoms with van der Waals surface area (Å²) in [5.41, 5.74) is 7.44. The minimum absolute atomic E-state index is 0.109. The molecule has 0 saturated heterocycles. The number of halogens is 1. The van der Waals surface area contributed by atoms with Crippen molar-refractivity contribution in [3.8, 4) is 0 Å². The molecule has 2 heterocycles. The summed E-state index contributed by atoms with van der Waals surface area (Å²) in [6.45, 7) is 4.42. The van der Waals surface area contributed by atoms with Crippen LogP contribution in [-0.4, -0.2) is 94.7 Å². The number of allylic oxidation sites excluding steroid dienone is 1. The lowest BCUT2D eigenvalue weighted by atomic mass is 9.80. The number of carboxylic acids is 4. The number of esters is 2. The van der Waals surface area contributed by atoms with Crippen molar-refractivity contribution in [2.45, 2.75) is 19.8 Å². The fourth-order valence-electron chi connectivity index (χ4n) is 3.93. The Bertz CT molecular complexity index is 1560. The van der Waals surface area contributed by atoms with Crippen LogP contribution < -0.4 is 11.1 Å². The third-order valence-corrected chi connectivity index (χ3v) is 6.22. The molecular weight excluding hydrogens is 658 g/mol. The predicted molar refractivity (Wildman–Crippen MR) is 168 cm³/mol. The zero-order chi connectivity index (χ0) is 36.4. The van der Waals surface area contributed by atoms with Crippen LogP contribution in [0.2, 0.25) is 5.02 Å². The van der Waals surface area contributed by atoms with Crippen molar-refractivity contribution in [3.63, 3.8) is 0 Å². The van der Waals surface area contributed by atoms with Gasteiger partial charge in [0.15, 0.2) is 0 Å². The summed E-state index contributed by atoms with van der Waals surface area (Å²) in [7, 11) is 1.29. The lowest BCUT2D eigenvalue weighted by Gasteiger charge is -2.31. The van der Waals surface area contributed by atoms with Gasteiger partial charge in [0.2, 0.25) is 0 Å². The van der Waals surface area contributed by atoms with E-state index < -0.39 is 41.7 Å². The van der Waals surface area contributed by atoms with Gasteiger partial charge in [-0.1, -0.05) is 29.8 Å². The molecule has 0 radical (unpaired) electrons. The normalized spacial score (nSPS) is 13.6. The topological polar surface area (TPSA) is 262 Å². The van der Waals surface area contributed by atoms with E-state index in [4.69, 9.17) is 52.0 Å². The summed E-state index contributed by atoms with van der Waals surface area (Å²) in [5.74, 6) is -6.76. The summed E-state index contributed by atoms with van der Waals surface area (Å²) in [6, 6.07) is 8.10. The molecule has 48 heavy (non-hydrogen) atoms. The van der Waals surface area contributed by atoms with Gasteiger partial charge in [0.25, 0.3) is 0 Å². The number of nitrogens with two attached hydrogens (primary N) is 1. The van der Waals surface area contributed by atoms with Gasteiger partial charge in [-0.25, -0.2) is 28.8 Å². The van der Waals surface area contributed by atoms with E-state index in [1.165, 1.54) is 7.11 Å². The number of ether oxygens (including phenoxy) is 3. The fourth-order valence-corrected chi connectivity index (χ4v) is 4.18. The van der Waals surface area contributed by atoms with Gasteiger partial charge in [-0.2, -0.15) is 0 Å². The maximum Gasteiger partial charge on any atom is 0.337 e. The molecule has 0 saturated carbocycles. The van der Waals surface area contributed by atoms with Crippen LogP contribution in [0.5, 0.6) is 0 Å². The van der Waals surface area contributed by atoms with E-state index in [0.717, 1.165) is 18.5 Å². The monoisotopic (exact) mass is 691 g/mol. The number of carbonyl (C=O) groups is 6. The standard InChI is InChI=1S/C20H25ClN2O5.C7H5NO4.C4H4O4/c1-4-28-20(25)18-15(11-27-10-9-22)23-12(2)16(19(24)26-3)17(18)13-7-5-6-8-14(13)21;9-6(10)4-1-5(7(11)12)3-8-2-4;5-3(6)1-2-4(7)8/h5-8,17,23H,4,9-11,22H2,1-3H3;1-3H,(H,9,10)(H,11,12);1-2H,(H,5,6)(H,7,8)/b;;2-1-. The highest BCUT2D eigenvalue weighted by Gasteiger charge is 2.39. The van der Waals surface area contributed by atoms with Crippen LogP contribution in [0.1, 0.15) is 46.0 Å². The smallest absolute Gasteiger partial charge is 0.337 e. The first kappa shape index (κ1) is 40.4. The zero-order valence-electron chi connectivity index (χ0n) is 26.0. The number of aliphatic carboxylic acids is 2. The fraction of sp³-hybridized carbons (Fsp3) is 0.258. The predicted octanol–water partition coefficient (Wildman–Crippen LogP) is 2.46. The van der Waals surface area contributed by atoms with Crippen molar-refractivity contribution in [2.24, 2.45) is 5.73 Å². The van der Waals surface area contributed by atoms with Crippen LogP contribution in [0.3, 0.4) is 0 Å². The third-order valence-electron chi connectivity index (χ3n) is 5.87. The van der Waals surface area contributed by atoms with Crippen LogP contribution in [0, 0.1) is 0 Å². The number of carboxylic acid groups (broad SMARTS) is 4. The average Bonchev–Trinajstić information content (AvgIpc) is 3.04. The number of hydrogen-bond acceptors (Lipinski definition) is 12. The number of nitrogens with one attached hydrogen (secondary N) is 1. The number of rotatable bonds is 12. The molecule has 1 unspecified atom stereocenters. The van der Waals surface area contributed by atoms with E-state index in [0.29, 0.717) is 52.9 Å². The Morgan fingerprint density at radius 2 is 1.50 bits per heavy atom. The SMILES string of the molecule is CCOC(=O)C1=C(COCCN)NC(C)=C(C(=O)OC)C1c1ccccc1Cl.O=C(O)/C=C\C(=O)O.O=C(O)c1cncc(C(=O)O)c1. The highest BCUT2D eigenvalue weighted by atomic mass is 35.5. The third kappa shape index (κ3) is 12.7. The Kier molecular flexibility index (Phi) is 17.3. The quantitative estimate of drug-likeness (QED) is 0.106. The number of pyridine rings is 1. The Morgan fingerprint density at radius 1 is 0.938 bits per heavy atom. The molecule has 258 valence electrons. The molecule has 1 atom stereocenters. The Morgan fingerprint density at radius 3 is 1.96 bits per heavy atom. The summed E-state index contributed by atoms with van der Waals surface area (Å²) < 4.78 is 15.8. The van der Waals surface area contributed by atoms with Gasteiger partial charge in [-0.15, -0.1) is 0 Å². The van der Waals surface area contributed by atoms with Crippen LogP contribution in [0.25, 0.3) is 0 Å². The van der Waals surface area contributed by atoms with Crippen molar-refractivity contribution in [2.75, 3.05) is 33.5 Å². The number of benzene rings is 1. The Balaban J connectivity index is 0.000000470. The summed E-state index contributed by atoms with van der Waals surface area (Å²) >= 11 is 6.42. The van der Waals surface area contributed by atoms with E-state index >= 15 is 0 Å². The Labute approximate surface area is 279 Å². The molecule has 1 aromatic heterocycles. The van der Waals surface area contributed by atoms with Gasteiger partial charge >= 0.3 is 35.8 Å². The second kappa shape index (κ2) is 20.5. The highest BCUT2D eigenvalue weighted by molar-refractivity contribution is 6.31. The molecule has 0 spiro atoms. The van der Waals surface area contributed by atoms with Crippen LogP contribution in [0.4, 0.5) is 0 Å². The second-order valence-electron chi connectivity index (χ2n) is 9.15. The molecule has 2 aromatic rings. The highest BCUT2D eigenvalue weighted by Crippen LogP contribution is 2.41. The molecule has 17 heteroatoms. The largest absolute Gasteiger partial charge is 0.478 e. The van der Waals surface area contributed by atoms with E-state index in [-0.39, 0.29) is 29.9 Å². The van der Waals surface area contributed by atoms with Gasteiger partial charge in [-0.3, -0.25) is 4.98 Å². The van der Waals surface area contributed by atoms with Crippen LogP contribution in [-0.2, 0) is 33.4 Å². The van der Waals surface area contributed by atoms with Gasteiger partial charge < -0.3 is 45.7 Å². The van der Waals surface area contributed by atoms with Crippen molar-refractivity contribution in [3.05, 3.63) is 99.1 Å². The number of aromatic nitrogens is 1. The second-order valence-corrected chi connectivity index (χ2v) is 9.55. The van der Waals surface area contributed by atoms with Gasteiger partial charge in [0.1, 0.15) is 0 Å². The number of carbonyl (C=O) groups excluding carboxylic acids is 2. The molecule has 7 N–H and O–H groups in total. The van der Waals surface area contributed by atoms with Gasteiger partial charge in [0, 0.05) is 41.8 Å². The first-order valence-corrected chi connectivity index (χ1v) is 14.1. The maximum atomic E-state index is 12.9. The number of hydrogen-bond donors (Lipinski definition) is 6. The first-order chi connectivity index (χ1) is 22.7. The minimum atomic E-state index is -1.26. The number of aromatic carboxylic acids is 2. The van der Waals surface area contributed by atoms with Gasteiger partial charge in [-0.05, 0) is 31.5 Å². The first-order valence-electron chi connectivity index (χ1n) is 13.7. The van der Waals surface area contributed by atoms with Gasteiger partial charge in [0.05, 0.1) is 60.8 Å². The van der Waals surface area contributed by atoms with Crippen LogP contribution in [0.15, 0.2) is 77.4 Å². The average molecular weight is 692 g/mol. The molecule has 3 rings (SSSR count). The number of nitrogens with zero attached hydrogens (tertiary/aromatic N) is 1. The lowest BCUT2D eigenvalue weighted by molar-refractivity contribution is -0.139. The van der Waals surface area contributed by atoms with E-state index in [9.17, 15) is 28.8 Å². The lowest BCUT2D eigenvalue weighted by Crippen LogP contribution is -2.35. The van der Waals surface area contributed by atoms with E-state index in [1.807, 2.05) is 0 Å². The molecule has 0 amide bonds.